The quantitative estimate of drug-likeness (QED) is 0.618. The van der Waals surface area contributed by atoms with Gasteiger partial charge in [0.1, 0.15) is 0 Å². The van der Waals surface area contributed by atoms with Crippen LogP contribution in [0.15, 0.2) is 36.4 Å². The van der Waals surface area contributed by atoms with Gasteiger partial charge in [-0.25, -0.2) is 14.8 Å². The second-order valence-corrected chi connectivity index (χ2v) is 8.11. The molecule has 6 nitrogen and oxygen atoms in total. The summed E-state index contributed by atoms with van der Waals surface area (Å²) in [6.07, 6.45) is 0.714. The van der Waals surface area contributed by atoms with Crippen molar-refractivity contribution in [2.45, 2.75) is 20.3 Å². The minimum absolute atomic E-state index is 0.267. The summed E-state index contributed by atoms with van der Waals surface area (Å²) in [4.78, 5) is 24.8. The highest BCUT2D eigenvalue weighted by atomic mass is 35.5. The number of nitrogens with one attached hydrogen (secondary N) is 1. The number of nitrogens with zero attached hydrogens (tertiary/aromatic N) is 3. The zero-order chi connectivity index (χ0) is 19.7. The van der Waals surface area contributed by atoms with Crippen LogP contribution in [0.5, 0.6) is 5.75 Å². The first-order valence-electron chi connectivity index (χ1n) is 8.93. The van der Waals surface area contributed by atoms with E-state index in [9.17, 15) is 4.79 Å². The number of fused-ring (bicyclic) bond motifs is 1. The van der Waals surface area contributed by atoms with E-state index in [1.54, 1.807) is 4.90 Å². The fraction of sp³-hybridized carbons (Fsp3) is 0.250. The third kappa shape index (κ3) is 3.81. The van der Waals surface area contributed by atoms with E-state index in [0.717, 1.165) is 21.8 Å². The molecule has 0 saturated heterocycles. The SMILES string of the molecule is Cc1nc(NC(=O)N2CCCOc3ccc(-c4cccc(Cl)c4)nc32)sc1C. The molecule has 0 radical (unpaired) electrons. The van der Waals surface area contributed by atoms with E-state index in [4.69, 9.17) is 21.3 Å². The number of hydrogen-bond donors (Lipinski definition) is 1. The van der Waals surface area contributed by atoms with Crippen molar-refractivity contribution in [3.05, 3.63) is 52.0 Å². The molecular formula is C20H19ClN4O2S. The van der Waals surface area contributed by atoms with E-state index in [1.807, 2.05) is 50.2 Å². The van der Waals surface area contributed by atoms with Crippen LogP contribution in [-0.2, 0) is 0 Å². The summed E-state index contributed by atoms with van der Waals surface area (Å²) in [5, 5.41) is 4.10. The largest absolute Gasteiger partial charge is 0.490 e. The minimum atomic E-state index is -0.267. The van der Waals surface area contributed by atoms with E-state index < -0.39 is 0 Å². The van der Waals surface area contributed by atoms with E-state index in [2.05, 4.69) is 10.3 Å². The predicted molar refractivity (Wildman–Crippen MR) is 113 cm³/mol. The fourth-order valence-electron chi connectivity index (χ4n) is 2.94. The molecule has 8 heteroatoms. The smallest absolute Gasteiger partial charge is 0.329 e. The van der Waals surface area contributed by atoms with Crippen LogP contribution in [0.4, 0.5) is 15.7 Å². The Kier molecular flexibility index (Phi) is 5.19. The molecule has 0 unspecified atom stereocenters. The number of hydrogen-bond acceptors (Lipinski definition) is 5. The van der Waals surface area contributed by atoms with Gasteiger partial charge in [-0.2, -0.15) is 0 Å². The second kappa shape index (κ2) is 7.77. The van der Waals surface area contributed by atoms with Crippen molar-refractivity contribution in [2.75, 3.05) is 23.4 Å². The Hall–Kier alpha value is -2.64. The summed E-state index contributed by atoms with van der Waals surface area (Å²) in [5.74, 6) is 1.09. The van der Waals surface area contributed by atoms with Gasteiger partial charge in [0.05, 0.1) is 18.0 Å². The third-order valence-corrected chi connectivity index (χ3v) is 5.71. The molecule has 1 aromatic carbocycles. The number of rotatable bonds is 2. The number of aryl methyl sites for hydroxylation is 2. The molecule has 0 spiro atoms. The molecule has 2 aromatic heterocycles. The number of amides is 2. The first-order chi connectivity index (χ1) is 13.5. The van der Waals surface area contributed by atoms with E-state index >= 15 is 0 Å². The van der Waals surface area contributed by atoms with Crippen molar-refractivity contribution in [1.29, 1.82) is 0 Å². The van der Waals surface area contributed by atoms with Crippen molar-refractivity contribution >= 4 is 39.9 Å². The van der Waals surface area contributed by atoms with Gasteiger partial charge in [-0.05, 0) is 44.5 Å². The van der Waals surface area contributed by atoms with Crippen molar-refractivity contribution in [3.8, 4) is 17.0 Å². The number of aromatic nitrogens is 2. The van der Waals surface area contributed by atoms with Gasteiger partial charge in [0.2, 0.25) is 0 Å². The first-order valence-corrected chi connectivity index (χ1v) is 10.1. The van der Waals surface area contributed by atoms with Gasteiger partial charge >= 0.3 is 6.03 Å². The lowest BCUT2D eigenvalue weighted by Gasteiger charge is -2.21. The molecule has 0 atom stereocenters. The summed E-state index contributed by atoms with van der Waals surface area (Å²) in [7, 11) is 0. The maximum absolute atomic E-state index is 13.0. The van der Waals surface area contributed by atoms with Crippen LogP contribution in [0, 0.1) is 13.8 Å². The lowest BCUT2D eigenvalue weighted by atomic mass is 10.1. The van der Waals surface area contributed by atoms with E-state index in [1.165, 1.54) is 11.3 Å². The number of carbonyl (C=O) groups is 1. The topological polar surface area (TPSA) is 67.4 Å². The second-order valence-electron chi connectivity index (χ2n) is 6.47. The summed E-state index contributed by atoms with van der Waals surface area (Å²) < 4.78 is 5.79. The number of benzene rings is 1. The highest BCUT2D eigenvalue weighted by Crippen LogP contribution is 2.33. The van der Waals surface area contributed by atoms with Crippen molar-refractivity contribution in [2.24, 2.45) is 0 Å². The lowest BCUT2D eigenvalue weighted by molar-refractivity contribution is 0.256. The standard InChI is InChI=1S/C20H19ClN4O2S/c1-12-13(2)28-19(22-12)24-20(26)25-9-4-10-27-17-8-7-16(23-18(17)25)14-5-3-6-15(21)11-14/h3,5-8,11H,4,9-10H2,1-2H3,(H,22,24,26). The number of thiazole rings is 1. The molecule has 2 amide bonds. The van der Waals surface area contributed by atoms with Gasteiger partial charge in [-0.1, -0.05) is 23.7 Å². The zero-order valence-corrected chi connectivity index (χ0v) is 17.1. The first kappa shape index (κ1) is 18.7. The highest BCUT2D eigenvalue weighted by molar-refractivity contribution is 7.15. The van der Waals surface area contributed by atoms with Gasteiger partial charge in [0.15, 0.2) is 16.7 Å². The summed E-state index contributed by atoms with van der Waals surface area (Å²) in [5.41, 5.74) is 2.53. The summed E-state index contributed by atoms with van der Waals surface area (Å²) >= 11 is 7.57. The normalized spacial score (nSPS) is 13.5. The molecule has 1 aliphatic rings. The number of carbonyl (C=O) groups excluding carboxylic acids is 1. The van der Waals surface area contributed by atoms with Crippen LogP contribution in [-0.4, -0.2) is 29.2 Å². The Morgan fingerprint density at radius 1 is 1.25 bits per heavy atom. The Balaban J connectivity index is 1.68. The number of anilines is 2. The molecule has 3 heterocycles. The molecule has 1 N–H and O–H groups in total. The maximum atomic E-state index is 13.0. The summed E-state index contributed by atoms with van der Waals surface area (Å²) in [6, 6.07) is 10.9. The molecule has 0 bridgehead atoms. The average molecular weight is 415 g/mol. The monoisotopic (exact) mass is 414 g/mol. The Bertz CT molecular complexity index is 1020. The van der Waals surface area contributed by atoms with Crippen molar-refractivity contribution < 1.29 is 9.53 Å². The molecule has 4 rings (SSSR count). The lowest BCUT2D eigenvalue weighted by Crippen LogP contribution is -2.36. The fourth-order valence-corrected chi connectivity index (χ4v) is 3.94. The van der Waals surface area contributed by atoms with Gasteiger partial charge in [0, 0.05) is 22.0 Å². The van der Waals surface area contributed by atoms with Gasteiger partial charge in [-0.3, -0.25) is 10.2 Å². The molecule has 0 aliphatic carbocycles. The predicted octanol–water partition coefficient (Wildman–Crippen LogP) is 5.30. The molecule has 28 heavy (non-hydrogen) atoms. The van der Waals surface area contributed by atoms with Crippen molar-refractivity contribution in [1.82, 2.24) is 9.97 Å². The maximum Gasteiger partial charge on any atom is 0.329 e. The van der Waals surface area contributed by atoms with Crippen LogP contribution in [0.1, 0.15) is 17.0 Å². The highest BCUT2D eigenvalue weighted by Gasteiger charge is 2.25. The van der Waals surface area contributed by atoms with Crippen LogP contribution in [0.3, 0.4) is 0 Å². The molecule has 0 fully saturated rings. The Morgan fingerprint density at radius 3 is 2.86 bits per heavy atom. The molecule has 144 valence electrons. The molecule has 1 aliphatic heterocycles. The molecule has 3 aromatic rings. The van der Waals surface area contributed by atoms with Gasteiger partial charge in [-0.15, -0.1) is 11.3 Å². The van der Waals surface area contributed by atoms with E-state index in [-0.39, 0.29) is 6.03 Å². The third-order valence-electron chi connectivity index (χ3n) is 4.49. The average Bonchev–Trinajstić information content (AvgIpc) is 2.87. The van der Waals surface area contributed by atoms with Gasteiger partial charge in [0.25, 0.3) is 0 Å². The van der Waals surface area contributed by atoms with Crippen LogP contribution in [0.25, 0.3) is 11.3 Å². The van der Waals surface area contributed by atoms with Crippen LogP contribution < -0.4 is 15.0 Å². The number of pyridine rings is 1. The number of ether oxygens (including phenoxy) is 1. The van der Waals surface area contributed by atoms with Crippen LogP contribution >= 0.6 is 22.9 Å². The Morgan fingerprint density at radius 2 is 2.11 bits per heavy atom. The minimum Gasteiger partial charge on any atom is -0.490 e. The molecule has 0 saturated carbocycles. The number of halogens is 1. The Labute approximate surface area is 172 Å². The molecular weight excluding hydrogens is 396 g/mol. The van der Waals surface area contributed by atoms with Crippen molar-refractivity contribution in [3.63, 3.8) is 0 Å². The van der Waals surface area contributed by atoms with Crippen LogP contribution in [0.2, 0.25) is 5.02 Å². The van der Waals surface area contributed by atoms with Gasteiger partial charge < -0.3 is 4.74 Å². The summed E-state index contributed by atoms with van der Waals surface area (Å²) in [6.45, 7) is 4.95. The number of urea groups is 1. The van der Waals surface area contributed by atoms with E-state index in [0.29, 0.717) is 41.3 Å². The zero-order valence-electron chi connectivity index (χ0n) is 15.5.